The lowest BCUT2D eigenvalue weighted by molar-refractivity contribution is -0.0399. The predicted molar refractivity (Wildman–Crippen MR) is 216 cm³/mol. The third-order valence-corrected chi connectivity index (χ3v) is 15.3. The van der Waals surface area contributed by atoms with Crippen molar-refractivity contribution in [1.82, 2.24) is 0 Å². The van der Waals surface area contributed by atoms with Crippen LogP contribution >= 0.6 is 11.3 Å². The summed E-state index contributed by atoms with van der Waals surface area (Å²) in [5.74, 6) is 5.29. The molecule has 2 heterocycles. The standard InChI is InChI=1S/C50H36OS/c1-3-15-42-40(9-1)47-33(10-7-16-43(47)50(42)31-23-28-22-29(25-31)26-32(50)24-28)30-18-20-44-41(27-30)37-12-5-11-36-34(19-21-45(51-44)48(36)37)38-13-6-14-39-35-8-2-4-17-46(35)52-49(38)39/h1-21,27-29,31-32H,22-26H2. The summed E-state index contributed by atoms with van der Waals surface area (Å²) in [5, 5.41) is 5.12. The maximum absolute atomic E-state index is 6.77. The van der Waals surface area contributed by atoms with Crippen LogP contribution in [0.3, 0.4) is 0 Å². The van der Waals surface area contributed by atoms with Crippen molar-refractivity contribution in [2.24, 2.45) is 23.7 Å². The van der Waals surface area contributed by atoms with Crippen LogP contribution in [0, 0.1) is 23.7 Å². The van der Waals surface area contributed by atoms with E-state index >= 15 is 0 Å². The van der Waals surface area contributed by atoms with E-state index in [4.69, 9.17) is 4.74 Å². The third-order valence-electron chi connectivity index (χ3n) is 14.1. The third kappa shape index (κ3) is 3.50. The molecular formula is C50H36OS. The van der Waals surface area contributed by atoms with Gasteiger partial charge in [0.05, 0.1) is 0 Å². The quantitative estimate of drug-likeness (QED) is 0.176. The highest BCUT2D eigenvalue weighted by Gasteiger charge is 2.61. The Bertz CT molecular complexity index is 2830. The van der Waals surface area contributed by atoms with Gasteiger partial charge in [-0.15, -0.1) is 11.3 Å². The number of hydrogen-bond acceptors (Lipinski definition) is 2. The molecule has 4 fully saturated rings. The van der Waals surface area contributed by atoms with Gasteiger partial charge in [0.2, 0.25) is 0 Å². The number of rotatable bonds is 2. The Balaban J connectivity index is 0.995. The first-order valence-electron chi connectivity index (χ1n) is 19.3. The van der Waals surface area contributed by atoms with Gasteiger partial charge < -0.3 is 4.74 Å². The lowest BCUT2D eigenvalue weighted by atomic mass is 9.43. The van der Waals surface area contributed by atoms with Crippen molar-refractivity contribution in [3.05, 3.63) is 145 Å². The van der Waals surface area contributed by atoms with Gasteiger partial charge in [-0.2, -0.15) is 0 Å². The van der Waals surface area contributed by atoms with E-state index in [0.717, 1.165) is 35.2 Å². The first-order valence-corrected chi connectivity index (χ1v) is 20.1. The molecule has 52 heavy (non-hydrogen) atoms. The van der Waals surface area contributed by atoms with Crippen molar-refractivity contribution >= 4 is 42.3 Å². The molecule has 0 atom stereocenters. The zero-order chi connectivity index (χ0) is 33.7. The van der Waals surface area contributed by atoms with Crippen molar-refractivity contribution in [1.29, 1.82) is 0 Å². The molecule has 4 saturated carbocycles. The zero-order valence-corrected chi connectivity index (χ0v) is 29.7. The lowest BCUT2D eigenvalue weighted by Gasteiger charge is -2.61. The highest BCUT2D eigenvalue weighted by molar-refractivity contribution is 7.26. The van der Waals surface area contributed by atoms with Crippen LogP contribution in [0.5, 0.6) is 11.5 Å². The first kappa shape index (κ1) is 28.4. The summed E-state index contributed by atoms with van der Waals surface area (Å²) in [7, 11) is 0. The molecule has 0 saturated heterocycles. The van der Waals surface area contributed by atoms with Gasteiger partial charge >= 0.3 is 0 Å². The summed E-state index contributed by atoms with van der Waals surface area (Å²) >= 11 is 1.90. The molecular weight excluding hydrogens is 649 g/mol. The molecule has 6 aliphatic rings. The zero-order valence-electron chi connectivity index (χ0n) is 28.9. The molecule has 0 unspecified atom stereocenters. The normalized spacial score (nSPS) is 24.4. The van der Waals surface area contributed by atoms with E-state index in [-0.39, 0.29) is 5.41 Å². The summed E-state index contributed by atoms with van der Waals surface area (Å²) in [6, 6.07) is 50.6. The summed E-state index contributed by atoms with van der Waals surface area (Å²) < 4.78 is 9.45. The highest BCUT2D eigenvalue weighted by Crippen LogP contribution is 2.70. The van der Waals surface area contributed by atoms with Crippen molar-refractivity contribution in [2.75, 3.05) is 0 Å². The van der Waals surface area contributed by atoms with E-state index in [1.807, 2.05) is 11.3 Å². The average Bonchev–Trinajstić information content (AvgIpc) is 3.71. The maximum Gasteiger partial charge on any atom is 0.135 e. The molecule has 248 valence electrons. The van der Waals surface area contributed by atoms with Crippen LogP contribution < -0.4 is 4.74 Å². The predicted octanol–water partition coefficient (Wildman–Crippen LogP) is 14.0. The summed E-state index contributed by atoms with van der Waals surface area (Å²) in [6.45, 7) is 0. The minimum Gasteiger partial charge on any atom is -0.456 e. The smallest absolute Gasteiger partial charge is 0.135 e. The summed E-state index contributed by atoms with van der Waals surface area (Å²) in [4.78, 5) is 0. The van der Waals surface area contributed by atoms with E-state index < -0.39 is 0 Å². The topological polar surface area (TPSA) is 9.23 Å². The molecule has 14 rings (SSSR count). The van der Waals surface area contributed by atoms with Crippen LogP contribution in [-0.4, -0.2) is 0 Å². The first-order chi connectivity index (χ1) is 25.7. The van der Waals surface area contributed by atoms with Gasteiger partial charge in [0, 0.05) is 42.1 Å². The SMILES string of the molecule is c1ccc2c(c1)-c1c(-c3ccc4c(c3)-c3cccc5c(-c6cccc7c6sc6ccccc67)ccc(c35)O4)cccc1C21C2CC3CC(C2)CC1C3. The maximum atomic E-state index is 6.77. The molecule has 0 radical (unpaired) electrons. The number of fused-ring (bicyclic) bond motifs is 8. The fourth-order valence-corrected chi connectivity index (χ4v) is 13.7. The Morgan fingerprint density at radius 2 is 1.15 bits per heavy atom. The number of thiophene rings is 1. The van der Waals surface area contributed by atoms with E-state index in [9.17, 15) is 0 Å². The van der Waals surface area contributed by atoms with Crippen LogP contribution in [0.25, 0.3) is 75.5 Å². The Hall–Kier alpha value is -5.18. The second-order valence-electron chi connectivity index (χ2n) is 16.4. The molecule has 1 nitrogen and oxygen atoms in total. The second-order valence-corrected chi connectivity index (χ2v) is 17.4. The van der Waals surface area contributed by atoms with E-state index in [0.29, 0.717) is 0 Å². The van der Waals surface area contributed by atoms with Gasteiger partial charge in [-0.05, 0) is 136 Å². The molecule has 1 aromatic heterocycles. The number of hydrogen-bond donors (Lipinski definition) is 0. The molecule has 0 amide bonds. The highest BCUT2D eigenvalue weighted by atomic mass is 32.1. The fraction of sp³-hybridized carbons (Fsp3) is 0.200. The van der Waals surface area contributed by atoms with E-state index in [2.05, 4.69) is 133 Å². The van der Waals surface area contributed by atoms with Crippen molar-refractivity contribution in [3.63, 3.8) is 0 Å². The van der Waals surface area contributed by atoms with Crippen molar-refractivity contribution < 1.29 is 4.74 Å². The summed E-state index contributed by atoms with van der Waals surface area (Å²) in [6.07, 6.45) is 7.11. The molecule has 1 aliphatic heterocycles. The molecule has 5 aliphatic carbocycles. The van der Waals surface area contributed by atoms with Gasteiger partial charge in [0.1, 0.15) is 11.5 Å². The van der Waals surface area contributed by atoms with Crippen molar-refractivity contribution in [3.8, 4) is 56.0 Å². The van der Waals surface area contributed by atoms with Crippen LogP contribution in [0.1, 0.15) is 43.2 Å². The average molecular weight is 685 g/mol. The van der Waals surface area contributed by atoms with Gasteiger partial charge in [-0.3, -0.25) is 0 Å². The molecule has 1 spiro atoms. The largest absolute Gasteiger partial charge is 0.456 e. The molecule has 4 bridgehead atoms. The minimum atomic E-state index is 0.172. The number of benzene rings is 7. The Morgan fingerprint density at radius 3 is 2.04 bits per heavy atom. The number of ether oxygens (including phenoxy) is 1. The van der Waals surface area contributed by atoms with E-state index in [1.165, 1.54) is 108 Å². The van der Waals surface area contributed by atoms with E-state index in [1.54, 1.807) is 11.1 Å². The summed E-state index contributed by atoms with van der Waals surface area (Å²) in [5.41, 5.74) is 14.0. The molecule has 7 aromatic carbocycles. The van der Waals surface area contributed by atoms with Crippen LogP contribution in [-0.2, 0) is 5.41 Å². The molecule has 0 N–H and O–H groups in total. The molecule has 8 aromatic rings. The minimum absolute atomic E-state index is 0.172. The van der Waals surface area contributed by atoms with Crippen molar-refractivity contribution in [2.45, 2.75) is 37.5 Å². The van der Waals surface area contributed by atoms with Crippen LogP contribution in [0.4, 0.5) is 0 Å². The van der Waals surface area contributed by atoms with Gasteiger partial charge in [0.25, 0.3) is 0 Å². The Labute approximate surface area is 307 Å². The van der Waals surface area contributed by atoms with Gasteiger partial charge in [-0.1, -0.05) is 103 Å². The Kier molecular flexibility index (Phi) is 5.48. The van der Waals surface area contributed by atoms with Gasteiger partial charge in [0.15, 0.2) is 0 Å². The van der Waals surface area contributed by atoms with Gasteiger partial charge in [-0.25, -0.2) is 0 Å². The fourth-order valence-electron chi connectivity index (χ4n) is 12.4. The van der Waals surface area contributed by atoms with Crippen LogP contribution in [0.15, 0.2) is 133 Å². The lowest BCUT2D eigenvalue weighted by Crippen LogP contribution is -2.55. The second kappa shape index (κ2) is 10.0. The Morgan fingerprint density at radius 1 is 0.481 bits per heavy atom. The van der Waals surface area contributed by atoms with Crippen LogP contribution in [0.2, 0.25) is 0 Å². The molecule has 2 heteroatoms. The monoisotopic (exact) mass is 684 g/mol.